The van der Waals surface area contributed by atoms with Gasteiger partial charge in [-0.2, -0.15) is 0 Å². The predicted molar refractivity (Wildman–Crippen MR) is 97.1 cm³/mol. The van der Waals surface area contributed by atoms with Gasteiger partial charge in [0, 0.05) is 24.3 Å². The standard InChI is InChI=1S/C14H12BrIN2OS/c15-9-4-5-13(12(17)6-9)20-8-14(19)18-11-3-1-2-10(16)7-11/h1-7H,8,17H2,(H,18,19). The van der Waals surface area contributed by atoms with Crippen LogP contribution in [0.5, 0.6) is 0 Å². The highest BCUT2D eigenvalue weighted by molar-refractivity contribution is 14.1. The van der Waals surface area contributed by atoms with Crippen molar-refractivity contribution >= 4 is 67.6 Å². The monoisotopic (exact) mass is 462 g/mol. The Balaban J connectivity index is 1.92. The highest BCUT2D eigenvalue weighted by Gasteiger charge is 2.06. The van der Waals surface area contributed by atoms with Gasteiger partial charge in [-0.15, -0.1) is 11.8 Å². The second kappa shape index (κ2) is 7.33. The number of hydrogen-bond acceptors (Lipinski definition) is 3. The molecule has 0 fully saturated rings. The van der Waals surface area contributed by atoms with Gasteiger partial charge < -0.3 is 11.1 Å². The lowest BCUT2D eigenvalue weighted by Crippen LogP contribution is -2.14. The van der Waals surface area contributed by atoms with Crippen molar-refractivity contribution in [3.63, 3.8) is 0 Å². The predicted octanol–water partition coefficient (Wildman–Crippen LogP) is 4.37. The second-order valence-electron chi connectivity index (χ2n) is 4.03. The summed E-state index contributed by atoms with van der Waals surface area (Å²) in [4.78, 5) is 12.8. The second-order valence-corrected chi connectivity index (χ2v) is 7.21. The van der Waals surface area contributed by atoms with Crippen LogP contribution in [0.25, 0.3) is 0 Å². The Morgan fingerprint density at radius 1 is 1.30 bits per heavy atom. The molecule has 0 aliphatic rings. The van der Waals surface area contributed by atoms with Gasteiger partial charge in [-0.05, 0) is 59.0 Å². The minimum Gasteiger partial charge on any atom is -0.398 e. The summed E-state index contributed by atoms with van der Waals surface area (Å²) in [7, 11) is 0. The summed E-state index contributed by atoms with van der Waals surface area (Å²) in [5, 5.41) is 2.87. The smallest absolute Gasteiger partial charge is 0.234 e. The maximum Gasteiger partial charge on any atom is 0.234 e. The zero-order valence-electron chi connectivity index (χ0n) is 10.4. The lowest BCUT2D eigenvalue weighted by Gasteiger charge is -2.07. The normalized spacial score (nSPS) is 10.3. The quantitative estimate of drug-likeness (QED) is 0.403. The molecule has 2 rings (SSSR count). The van der Waals surface area contributed by atoms with Crippen molar-refractivity contribution in [1.29, 1.82) is 0 Å². The van der Waals surface area contributed by atoms with E-state index in [2.05, 4.69) is 43.8 Å². The first-order valence-electron chi connectivity index (χ1n) is 5.78. The molecule has 2 aromatic rings. The molecule has 3 nitrogen and oxygen atoms in total. The molecule has 0 aliphatic carbocycles. The van der Waals surface area contributed by atoms with E-state index in [-0.39, 0.29) is 5.91 Å². The molecule has 0 atom stereocenters. The summed E-state index contributed by atoms with van der Waals surface area (Å²) in [5.41, 5.74) is 7.38. The van der Waals surface area contributed by atoms with Crippen LogP contribution in [0.1, 0.15) is 0 Å². The molecule has 3 N–H and O–H groups in total. The zero-order chi connectivity index (χ0) is 14.5. The van der Waals surface area contributed by atoms with Crippen LogP contribution in [-0.4, -0.2) is 11.7 Å². The van der Waals surface area contributed by atoms with Gasteiger partial charge in [0.25, 0.3) is 0 Å². The zero-order valence-corrected chi connectivity index (χ0v) is 15.0. The molecule has 0 bridgehead atoms. The average molecular weight is 463 g/mol. The number of nitrogens with one attached hydrogen (secondary N) is 1. The molecule has 2 aromatic carbocycles. The van der Waals surface area contributed by atoms with Gasteiger partial charge in [-0.3, -0.25) is 4.79 Å². The van der Waals surface area contributed by atoms with Crippen molar-refractivity contribution < 1.29 is 4.79 Å². The van der Waals surface area contributed by atoms with Crippen molar-refractivity contribution in [2.75, 3.05) is 16.8 Å². The number of halogens is 2. The van der Waals surface area contributed by atoms with E-state index < -0.39 is 0 Å². The van der Waals surface area contributed by atoms with E-state index in [1.165, 1.54) is 11.8 Å². The van der Waals surface area contributed by atoms with Crippen molar-refractivity contribution in [3.05, 3.63) is 50.5 Å². The Labute approximate surface area is 144 Å². The highest BCUT2D eigenvalue weighted by Crippen LogP contribution is 2.27. The van der Waals surface area contributed by atoms with Crippen LogP contribution >= 0.6 is 50.3 Å². The summed E-state index contributed by atoms with van der Waals surface area (Å²) >= 11 is 7.00. The van der Waals surface area contributed by atoms with E-state index in [9.17, 15) is 4.79 Å². The molecule has 0 radical (unpaired) electrons. The average Bonchev–Trinajstić information content (AvgIpc) is 2.37. The fraction of sp³-hybridized carbons (Fsp3) is 0.0714. The third kappa shape index (κ3) is 4.68. The molecule has 104 valence electrons. The van der Waals surface area contributed by atoms with Crippen molar-refractivity contribution in [3.8, 4) is 0 Å². The Morgan fingerprint density at radius 3 is 2.80 bits per heavy atom. The number of nitrogen functional groups attached to an aromatic ring is 1. The van der Waals surface area contributed by atoms with E-state index in [0.717, 1.165) is 18.6 Å². The minimum atomic E-state index is -0.0423. The third-order valence-electron chi connectivity index (χ3n) is 2.44. The number of amides is 1. The summed E-state index contributed by atoms with van der Waals surface area (Å²) in [6, 6.07) is 13.3. The molecular weight excluding hydrogens is 451 g/mol. The van der Waals surface area contributed by atoms with Crippen molar-refractivity contribution in [1.82, 2.24) is 0 Å². The number of rotatable bonds is 4. The van der Waals surface area contributed by atoms with Crippen molar-refractivity contribution in [2.24, 2.45) is 0 Å². The molecule has 0 aromatic heterocycles. The summed E-state index contributed by atoms with van der Waals surface area (Å²) in [5.74, 6) is 0.288. The van der Waals surface area contributed by atoms with E-state index >= 15 is 0 Å². The van der Waals surface area contributed by atoms with Crippen molar-refractivity contribution in [2.45, 2.75) is 4.90 Å². The first-order chi connectivity index (χ1) is 9.54. The van der Waals surface area contributed by atoms with Crippen LogP contribution in [0.2, 0.25) is 0 Å². The van der Waals surface area contributed by atoms with Gasteiger partial charge in [0.2, 0.25) is 5.91 Å². The van der Waals surface area contributed by atoms with E-state index in [0.29, 0.717) is 11.4 Å². The number of nitrogens with two attached hydrogens (primary N) is 1. The lowest BCUT2D eigenvalue weighted by atomic mass is 10.3. The number of anilines is 2. The molecule has 0 saturated heterocycles. The van der Waals surface area contributed by atoms with Crippen LogP contribution in [0.15, 0.2) is 51.8 Å². The molecule has 1 amide bonds. The third-order valence-corrected chi connectivity index (χ3v) is 4.69. The highest BCUT2D eigenvalue weighted by atomic mass is 127. The van der Waals surface area contributed by atoms with Gasteiger partial charge >= 0.3 is 0 Å². The van der Waals surface area contributed by atoms with Gasteiger partial charge in [0.05, 0.1) is 5.75 Å². The SMILES string of the molecule is Nc1cc(Br)ccc1SCC(=O)Nc1cccc(I)c1. The summed E-state index contributed by atoms with van der Waals surface area (Å²) in [6.45, 7) is 0. The minimum absolute atomic E-state index is 0.0423. The van der Waals surface area contributed by atoms with Gasteiger partial charge in [-0.25, -0.2) is 0 Å². The van der Waals surface area contributed by atoms with Crippen LogP contribution in [0, 0.1) is 3.57 Å². The first-order valence-corrected chi connectivity index (χ1v) is 8.63. The van der Waals surface area contributed by atoms with Crippen LogP contribution in [-0.2, 0) is 4.79 Å². The molecule has 0 unspecified atom stereocenters. The van der Waals surface area contributed by atoms with E-state index in [4.69, 9.17) is 5.73 Å². The maximum absolute atomic E-state index is 11.9. The molecule has 0 spiro atoms. The molecule has 0 aliphatic heterocycles. The maximum atomic E-state index is 11.9. The van der Waals surface area contributed by atoms with Crippen LogP contribution < -0.4 is 11.1 Å². The summed E-state index contributed by atoms with van der Waals surface area (Å²) in [6.07, 6.45) is 0. The van der Waals surface area contributed by atoms with E-state index in [1.807, 2.05) is 42.5 Å². The van der Waals surface area contributed by atoms with Gasteiger partial charge in [0.1, 0.15) is 0 Å². The lowest BCUT2D eigenvalue weighted by molar-refractivity contribution is -0.113. The largest absolute Gasteiger partial charge is 0.398 e. The van der Waals surface area contributed by atoms with Gasteiger partial charge in [0.15, 0.2) is 0 Å². The Hall–Kier alpha value is -0.730. The molecule has 0 saturated carbocycles. The topological polar surface area (TPSA) is 55.1 Å². The first kappa shape index (κ1) is 15.7. The Bertz CT molecular complexity index is 636. The Kier molecular flexibility index (Phi) is 5.74. The number of carbonyl (C=O) groups is 1. The fourth-order valence-corrected chi connectivity index (χ4v) is 3.23. The number of carbonyl (C=O) groups excluding carboxylic acids is 1. The summed E-state index contributed by atoms with van der Waals surface area (Å²) < 4.78 is 2.02. The molecule has 20 heavy (non-hydrogen) atoms. The molecule has 6 heteroatoms. The number of thioether (sulfide) groups is 1. The van der Waals surface area contributed by atoms with E-state index in [1.54, 1.807) is 0 Å². The fourth-order valence-electron chi connectivity index (χ4n) is 1.56. The molecule has 0 heterocycles. The van der Waals surface area contributed by atoms with Gasteiger partial charge in [-0.1, -0.05) is 22.0 Å². The number of hydrogen-bond donors (Lipinski definition) is 2. The van der Waals surface area contributed by atoms with Crippen LogP contribution in [0.3, 0.4) is 0 Å². The molecular formula is C14H12BrIN2OS. The Morgan fingerprint density at radius 2 is 2.10 bits per heavy atom. The van der Waals surface area contributed by atoms with Crippen LogP contribution in [0.4, 0.5) is 11.4 Å². The number of benzene rings is 2.